The molecule has 23 heavy (non-hydrogen) atoms. The molecular formula is C15H16N4O2S2. The maximum atomic E-state index is 11.3. The van der Waals surface area contributed by atoms with E-state index in [4.69, 9.17) is 0 Å². The minimum atomic E-state index is -0.818. The third-order valence-electron chi connectivity index (χ3n) is 4.12. The van der Waals surface area contributed by atoms with Crippen molar-refractivity contribution < 1.29 is 9.90 Å². The molecule has 1 aromatic rings. The summed E-state index contributed by atoms with van der Waals surface area (Å²) in [6.45, 7) is 2.67. The zero-order valence-electron chi connectivity index (χ0n) is 12.5. The molecule has 0 aliphatic carbocycles. The monoisotopic (exact) mass is 348 g/mol. The van der Waals surface area contributed by atoms with E-state index in [1.54, 1.807) is 30.4 Å². The molecule has 4 rings (SSSR count). The fourth-order valence-electron chi connectivity index (χ4n) is 2.75. The Balaban J connectivity index is 1.61. The minimum absolute atomic E-state index is 0.173. The first-order valence-electron chi connectivity index (χ1n) is 7.31. The van der Waals surface area contributed by atoms with Crippen LogP contribution in [0.2, 0.25) is 0 Å². The summed E-state index contributed by atoms with van der Waals surface area (Å²) in [4.78, 5) is 17.7. The number of thioether (sulfide) groups is 2. The second kappa shape index (κ2) is 5.77. The largest absolute Gasteiger partial charge is 0.480 e. The Bertz CT molecular complexity index is 694. The van der Waals surface area contributed by atoms with Crippen molar-refractivity contribution in [2.45, 2.75) is 18.3 Å². The van der Waals surface area contributed by atoms with Crippen LogP contribution >= 0.6 is 23.5 Å². The van der Waals surface area contributed by atoms with E-state index in [1.807, 2.05) is 23.1 Å². The number of rotatable bonds is 3. The van der Waals surface area contributed by atoms with E-state index in [0.29, 0.717) is 13.3 Å². The van der Waals surface area contributed by atoms with Crippen LogP contribution in [0.5, 0.6) is 0 Å². The number of carboxylic acids is 1. The van der Waals surface area contributed by atoms with Gasteiger partial charge in [-0.2, -0.15) is 0 Å². The molecule has 0 saturated carbocycles. The number of carbonyl (C=O) groups is 1. The lowest BCUT2D eigenvalue weighted by atomic mass is 10.2. The lowest BCUT2D eigenvalue weighted by molar-refractivity contribution is -0.144. The Labute approximate surface area is 142 Å². The van der Waals surface area contributed by atoms with Gasteiger partial charge in [0.1, 0.15) is 16.4 Å². The highest BCUT2D eigenvalue weighted by atomic mass is 32.2. The lowest BCUT2D eigenvalue weighted by Crippen LogP contribution is -2.53. The molecule has 0 spiro atoms. The van der Waals surface area contributed by atoms with Crippen LogP contribution in [-0.4, -0.2) is 50.5 Å². The summed E-state index contributed by atoms with van der Waals surface area (Å²) in [6, 6.07) is 9.79. The van der Waals surface area contributed by atoms with Gasteiger partial charge >= 0.3 is 5.97 Å². The standard InChI is InChI=1S/C15H16N4O2S2/c1-10(14(20)21)17-8-16-15-18(9-17)19-12(23-15)7-22-13(19)11-5-3-2-4-6-11/h2-7,10,13H,8-9H2,1H3,(H,20,21). The number of hydrogen-bond acceptors (Lipinski definition) is 7. The maximum absolute atomic E-state index is 11.3. The SMILES string of the molecule is CC(C(=O)O)N1CN=C2SC3=CSC(c4ccccc4)N3N2C1. The van der Waals surface area contributed by atoms with Crippen LogP contribution in [-0.2, 0) is 4.79 Å². The van der Waals surface area contributed by atoms with Gasteiger partial charge < -0.3 is 5.11 Å². The summed E-state index contributed by atoms with van der Waals surface area (Å²) < 4.78 is 0. The number of nitrogens with zero attached hydrogens (tertiary/aromatic N) is 4. The second-order valence-electron chi connectivity index (χ2n) is 5.53. The fourth-order valence-corrected chi connectivity index (χ4v) is 5.05. The molecule has 0 radical (unpaired) electrons. The van der Waals surface area contributed by atoms with Crippen molar-refractivity contribution in [1.82, 2.24) is 14.9 Å². The van der Waals surface area contributed by atoms with Gasteiger partial charge in [-0.15, -0.1) is 0 Å². The van der Waals surface area contributed by atoms with Crippen LogP contribution in [0, 0.1) is 0 Å². The predicted octanol–water partition coefficient (Wildman–Crippen LogP) is 2.56. The van der Waals surface area contributed by atoms with Crippen molar-refractivity contribution in [1.29, 1.82) is 0 Å². The summed E-state index contributed by atoms with van der Waals surface area (Å²) in [5, 5.41) is 18.0. The predicted molar refractivity (Wildman–Crippen MR) is 92.2 cm³/mol. The molecule has 0 bridgehead atoms. The third kappa shape index (κ3) is 2.50. The Hall–Kier alpha value is -1.64. The highest BCUT2D eigenvalue weighted by molar-refractivity contribution is 8.18. The van der Waals surface area contributed by atoms with Crippen LogP contribution in [0.3, 0.4) is 0 Å². The van der Waals surface area contributed by atoms with Crippen LogP contribution < -0.4 is 0 Å². The molecule has 2 atom stereocenters. The number of aliphatic imine (C=N–C) groups is 1. The van der Waals surface area contributed by atoms with E-state index < -0.39 is 12.0 Å². The molecule has 3 aliphatic rings. The molecule has 1 N–H and O–H groups in total. The minimum Gasteiger partial charge on any atom is -0.480 e. The van der Waals surface area contributed by atoms with Gasteiger partial charge in [0.05, 0.1) is 13.3 Å². The first-order chi connectivity index (χ1) is 11.1. The average molecular weight is 348 g/mol. The summed E-state index contributed by atoms with van der Waals surface area (Å²) >= 11 is 3.42. The fraction of sp³-hybridized carbons (Fsp3) is 0.333. The van der Waals surface area contributed by atoms with Crippen molar-refractivity contribution in [3.8, 4) is 0 Å². The van der Waals surface area contributed by atoms with Crippen LogP contribution in [0.4, 0.5) is 0 Å². The number of fused-ring (bicyclic) bond motifs is 3. The summed E-state index contributed by atoms with van der Waals surface area (Å²) in [5.74, 6) is -0.818. The van der Waals surface area contributed by atoms with Crippen molar-refractivity contribution in [2.75, 3.05) is 13.3 Å². The van der Waals surface area contributed by atoms with E-state index >= 15 is 0 Å². The Morgan fingerprint density at radius 2 is 2.17 bits per heavy atom. The molecule has 0 amide bonds. The number of amidine groups is 1. The van der Waals surface area contributed by atoms with Gasteiger partial charge in [0.15, 0.2) is 5.17 Å². The Kier molecular flexibility index (Phi) is 3.74. The van der Waals surface area contributed by atoms with E-state index in [2.05, 4.69) is 32.6 Å². The first kappa shape index (κ1) is 14.9. The van der Waals surface area contributed by atoms with Crippen molar-refractivity contribution in [3.63, 3.8) is 0 Å². The van der Waals surface area contributed by atoms with Gasteiger partial charge in [-0.05, 0) is 24.2 Å². The van der Waals surface area contributed by atoms with E-state index in [-0.39, 0.29) is 5.37 Å². The maximum Gasteiger partial charge on any atom is 0.320 e. The highest BCUT2D eigenvalue weighted by Crippen LogP contribution is 2.52. The summed E-state index contributed by atoms with van der Waals surface area (Å²) in [7, 11) is 0. The molecule has 3 aliphatic heterocycles. The molecule has 1 saturated heterocycles. The number of carboxylic acid groups (broad SMARTS) is 1. The van der Waals surface area contributed by atoms with Gasteiger partial charge in [-0.25, -0.2) is 10.0 Å². The quantitative estimate of drug-likeness (QED) is 0.901. The number of hydrazine groups is 1. The van der Waals surface area contributed by atoms with Gasteiger partial charge in [0.2, 0.25) is 0 Å². The van der Waals surface area contributed by atoms with Gasteiger partial charge in [-0.1, -0.05) is 42.1 Å². The number of aliphatic carboxylic acids is 1. The molecule has 0 aromatic heterocycles. The lowest BCUT2D eigenvalue weighted by Gasteiger charge is -2.39. The van der Waals surface area contributed by atoms with Gasteiger partial charge in [0.25, 0.3) is 0 Å². The first-order valence-corrected chi connectivity index (χ1v) is 9.07. The topological polar surface area (TPSA) is 59.4 Å². The van der Waals surface area contributed by atoms with Crippen LogP contribution in [0.1, 0.15) is 17.9 Å². The molecule has 1 aromatic carbocycles. The van der Waals surface area contributed by atoms with E-state index in [9.17, 15) is 9.90 Å². The highest BCUT2D eigenvalue weighted by Gasteiger charge is 2.44. The average Bonchev–Trinajstić information content (AvgIpc) is 3.13. The molecule has 1 fully saturated rings. The Morgan fingerprint density at radius 1 is 1.39 bits per heavy atom. The smallest absolute Gasteiger partial charge is 0.320 e. The number of hydrogen-bond donors (Lipinski definition) is 1. The molecular weight excluding hydrogens is 332 g/mol. The van der Waals surface area contributed by atoms with Gasteiger partial charge in [0, 0.05) is 5.41 Å². The van der Waals surface area contributed by atoms with Crippen molar-refractivity contribution >= 4 is 34.7 Å². The third-order valence-corrected chi connectivity index (χ3v) is 6.39. The zero-order valence-corrected chi connectivity index (χ0v) is 14.1. The van der Waals surface area contributed by atoms with Crippen molar-refractivity contribution in [3.05, 3.63) is 46.3 Å². The van der Waals surface area contributed by atoms with E-state index in [1.165, 1.54) is 5.56 Å². The molecule has 120 valence electrons. The second-order valence-corrected chi connectivity index (χ2v) is 7.47. The van der Waals surface area contributed by atoms with Crippen LogP contribution in [0.25, 0.3) is 0 Å². The molecule has 8 heteroatoms. The van der Waals surface area contributed by atoms with Crippen LogP contribution in [0.15, 0.2) is 45.8 Å². The normalized spacial score (nSPS) is 24.8. The molecule has 2 unspecified atom stereocenters. The zero-order chi connectivity index (χ0) is 16.0. The summed E-state index contributed by atoms with van der Waals surface area (Å²) in [5.41, 5.74) is 1.23. The van der Waals surface area contributed by atoms with E-state index in [0.717, 1.165) is 10.2 Å². The summed E-state index contributed by atoms with van der Waals surface area (Å²) in [6.07, 6.45) is 0. The number of benzene rings is 1. The molecule has 6 nitrogen and oxygen atoms in total. The Morgan fingerprint density at radius 3 is 2.91 bits per heavy atom. The molecule has 3 heterocycles. The van der Waals surface area contributed by atoms with Gasteiger partial charge in [-0.3, -0.25) is 14.7 Å². The van der Waals surface area contributed by atoms with Crippen molar-refractivity contribution in [2.24, 2.45) is 4.99 Å².